The highest BCUT2D eigenvalue weighted by Crippen LogP contribution is 2.32. The van der Waals surface area contributed by atoms with Gasteiger partial charge < -0.3 is 9.97 Å². The van der Waals surface area contributed by atoms with Crippen LogP contribution in [0.4, 0.5) is 0 Å². The van der Waals surface area contributed by atoms with Crippen LogP contribution >= 0.6 is 0 Å². The minimum Gasteiger partial charge on any atom is -0.349 e. The van der Waals surface area contributed by atoms with Crippen LogP contribution in [0.3, 0.4) is 0 Å². The largest absolute Gasteiger partial charge is 0.349 e. The van der Waals surface area contributed by atoms with Gasteiger partial charge >= 0.3 is 0 Å². The van der Waals surface area contributed by atoms with Gasteiger partial charge in [-0.3, -0.25) is 0 Å². The molecule has 0 amide bonds. The second-order valence-corrected chi connectivity index (χ2v) is 5.45. The molecule has 1 unspecified atom stereocenters. The molecule has 3 aromatic rings. The van der Waals surface area contributed by atoms with E-state index >= 15 is 0 Å². The fourth-order valence-electron chi connectivity index (χ4n) is 2.90. The molecule has 108 valence electrons. The first-order valence-corrected chi connectivity index (χ1v) is 7.34. The minimum atomic E-state index is -0.0668. The van der Waals surface area contributed by atoms with Crippen molar-refractivity contribution in [2.45, 2.75) is 31.6 Å². The monoisotopic (exact) mass is 280 g/mol. The molecule has 0 aliphatic heterocycles. The van der Waals surface area contributed by atoms with Gasteiger partial charge in [-0.15, -0.1) is 0 Å². The lowest BCUT2D eigenvalue weighted by atomic mass is 9.75. The third-order valence-electron chi connectivity index (χ3n) is 4.12. The standard InChI is InChI=1S/C17H20N4/c1-2-17(16-20-10-11-21-16,13-15-18-8-9-19-15)12-14-6-4-3-5-7-14/h3-11H,2,12-13H2,1H3,(H,18,19)(H,20,21). The third-order valence-corrected chi connectivity index (χ3v) is 4.12. The van der Waals surface area contributed by atoms with Gasteiger partial charge in [0.25, 0.3) is 0 Å². The van der Waals surface area contributed by atoms with Gasteiger partial charge in [-0.05, 0) is 18.4 Å². The summed E-state index contributed by atoms with van der Waals surface area (Å²) in [6.07, 6.45) is 10.2. The van der Waals surface area contributed by atoms with Crippen LogP contribution in [0.25, 0.3) is 0 Å². The second kappa shape index (κ2) is 5.95. The van der Waals surface area contributed by atoms with Crippen LogP contribution in [-0.4, -0.2) is 19.9 Å². The van der Waals surface area contributed by atoms with Crippen LogP contribution < -0.4 is 0 Å². The molecule has 0 radical (unpaired) electrons. The van der Waals surface area contributed by atoms with E-state index < -0.39 is 0 Å². The number of nitrogens with zero attached hydrogens (tertiary/aromatic N) is 2. The maximum atomic E-state index is 4.54. The van der Waals surface area contributed by atoms with Crippen molar-refractivity contribution in [1.82, 2.24) is 19.9 Å². The summed E-state index contributed by atoms with van der Waals surface area (Å²) in [4.78, 5) is 15.5. The molecule has 4 nitrogen and oxygen atoms in total. The van der Waals surface area contributed by atoms with Crippen molar-refractivity contribution in [2.75, 3.05) is 0 Å². The first-order valence-electron chi connectivity index (χ1n) is 7.34. The fourth-order valence-corrected chi connectivity index (χ4v) is 2.90. The summed E-state index contributed by atoms with van der Waals surface area (Å²) in [5, 5.41) is 0. The van der Waals surface area contributed by atoms with E-state index in [1.807, 2.05) is 18.6 Å². The van der Waals surface area contributed by atoms with Crippen LogP contribution in [0.2, 0.25) is 0 Å². The minimum absolute atomic E-state index is 0.0668. The van der Waals surface area contributed by atoms with Crippen molar-refractivity contribution in [3.63, 3.8) is 0 Å². The van der Waals surface area contributed by atoms with Crippen molar-refractivity contribution < 1.29 is 0 Å². The predicted octanol–water partition coefficient (Wildman–Crippen LogP) is 3.27. The topological polar surface area (TPSA) is 57.4 Å². The molecule has 0 spiro atoms. The number of rotatable bonds is 6. The summed E-state index contributed by atoms with van der Waals surface area (Å²) in [7, 11) is 0. The number of hydrogen-bond donors (Lipinski definition) is 2. The number of H-pyrrole nitrogens is 2. The number of hydrogen-bond acceptors (Lipinski definition) is 2. The van der Waals surface area contributed by atoms with E-state index in [4.69, 9.17) is 0 Å². The molecule has 21 heavy (non-hydrogen) atoms. The van der Waals surface area contributed by atoms with E-state index in [1.165, 1.54) is 5.56 Å². The lowest BCUT2D eigenvalue weighted by molar-refractivity contribution is 0.375. The van der Waals surface area contributed by atoms with Crippen molar-refractivity contribution in [1.29, 1.82) is 0 Å². The van der Waals surface area contributed by atoms with Crippen LogP contribution in [0.5, 0.6) is 0 Å². The Morgan fingerprint density at radius 1 is 0.952 bits per heavy atom. The normalized spacial score (nSPS) is 14.0. The Morgan fingerprint density at radius 3 is 2.33 bits per heavy atom. The Morgan fingerprint density at radius 2 is 1.71 bits per heavy atom. The van der Waals surface area contributed by atoms with Gasteiger partial charge in [-0.1, -0.05) is 37.3 Å². The molecule has 0 fully saturated rings. The molecule has 0 aliphatic rings. The van der Waals surface area contributed by atoms with E-state index in [9.17, 15) is 0 Å². The van der Waals surface area contributed by atoms with Gasteiger partial charge in [0.2, 0.25) is 0 Å². The van der Waals surface area contributed by atoms with Gasteiger partial charge in [0.15, 0.2) is 0 Å². The molecule has 2 heterocycles. The van der Waals surface area contributed by atoms with Crippen molar-refractivity contribution in [3.8, 4) is 0 Å². The Hall–Kier alpha value is -2.36. The molecule has 2 aromatic heterocycles. The van der Waals surface area contributed by atoms with Crippen molar-refractivity contribution >= 4 is 0 Å². The Kier molecular flexibility index (Phi) is 3.86. The molecule has 1 atom stereocenters. The average molecular weight is 280 g/mol. The van der Waals surface area contributed by atoms with Gasteiger partial charge in [-0.2, -0.15) is 0 Å². The van der Waals surface area contributed by atoms with E-state index in [1.54, 1.807) is 6.20 Å². The number of aromatic amines is 2. The molecule has 0 saturated heterocycles. The molecule has 0 saturated carbocycles. The third kappa shape index (κ3) is 2.89. The predicted molar refractivity (Wildman–Crippen MR) is 83.0 cm³/mol. The number of nitrogens with one attached hydrogen (secondary N) is 2. The first kappa shape index (κ1) is 13.6. The Labute approximate surface area is 124 Å². The molecule has 0 aliphatic carbocycles. The van der Waals surface area contributed by atoms with E-state index in [-0.39, 0.29) is 5.41 Å². The lowest BCUT2D eigenvalue weighted by Gasteiger charge is -2.30. The van der Waals surface area contributed by atoms with Gasteiger partial charge in [0, 0.05) is 36.6 Å². The van der Waals surface area contributed by atoms with Crippen LogP contribution in [0.15, 0.2) is 55.1 Å². The maximum absolute atomic E-state index is 4.54. The molecule has 2 N–H and O–H groups in total. The number of benzene rings is 1. The average Bonchev–Trinajstić information content (AvgIpc) is 3.21. The molecule has 4 heteroatoms. The Bertz CT molecular complexity index is 643. The van der Waals surface area contributed by atoms with Crippen molar-refractivity contribution in [2.24, 2.45) is 0 Å². The Balaban J connectivity index is 1.96. The molecule has 3 rings (SSSR count). The van der Waals surface area contributed by atoms with Crippen LogP contribution in [0, 0.1) is 0 Å². The van der Waals surface area contributed by atoms with E-state index in [2.05, 4.69) is 57.2 Å². The number of aromatic nitrogens is 4. The summed E-state index contributed by atoms with van der Waals surface area (Å²) in [6.45, 7) is 2.22. The van der Waals surface area contributed by atoms with Crippen LogP contribution in [0.1, 0.15) is 30.6 Å². The zero-order chi connectivity index (χ0) is 14.5. The summed E-state index contributed by atoms with van der Waals surface area (Å²) in [5.74, 6) is 2.04. The molecular formula is C17H20N4. The van der Waals surface area contributed by atoms with Gasteiger partial charge in [-0.25, -0.2) is 9.97 Å². The van der Waals surface area contributed by atoms with E-state index in [0.29, 0.717) is 0 Å². The summed E-state index contributed by atoms with van der Waals surface area (Å²) in [6, 6.07) is 10.6. The fraction of sp³-hybridized carbons (Fsp3) is 0.294. The summed E-state index contributed by atoms with van der Waals surface area (Å²) < 4.78 is 0. The maximum Gasteiger partial charge on any atom is 0.113 e. The quantitative estimate of drug-likeness (QED) is 0.728. The highest BCUT2D eigenvalue weighted by Gasteiger charge is 2.34. The van der Waals surface area contributed by atoms with Gasteiger partial charge in [0.1, 0.15) is 11.6 Å². The van der Waals surface area contributed by atoms with Crippen LogP contribution in [-0.2, 0) is 18.3 Å². The molecular weight excluding hydrogens is 260 g/mol. The molecule has 1 aromatic carbocycles. The zero-order valence-electron chi connectivity index (χ0n) is 12.2. The lowest BCUT2D eigenvalue weighted by Crippen LogP contribution is -2.33. The summed E-state index contributed by atoms with van der Waals surface area (Å²) >= 11 is 0. The summed E-state index contributed by atoms with van der Waals surface area (Å²) in [5.41, 5.74) is 1.25. The van der Waals surface area contributed by atoms with E-state index in [0.717, 1.165) is 30.9 Å². The highest BCUT2D eigenvalue weighted by molar-refractivity contribution is 5.23. The highest BCUT2D eigenvalue weighted by atomic mass is 14.9. The zero-order valence-corrected chi connectivity index (χ0v) is 12.2. The van der Waals surface area contributed by atoms with Crippen molar-refractivity contribution in [3.05, 3.63) is 72.3 Å². The SMILES string of the molecule is CCC(Cc1ccccc1)(Cc1ncc[nH]1)c1ncc[nH]1. The second-order valence-electron chi connectivity index (χ2n) is 5.45. The van der Waals surface area contributed by atoms with Gasteiger partial charge in [0.05, 0.1) is 0 Å². The first-order chi connectivity index (χ1) is 10.3. The molecule has 0 bridgehead atoms. The smallest absolute Gasteiger partial charge is 0.113 e. The number of imidazole rings is 2.